The van der Waals surface area contributed by atoms with Crippen molar-refractivity contribution in [1.29, 1.82) is 0 Å². The number of allylic oxidation sites excluding steroid dienone is 1. The number of benzene rings is 1. The monoisotopic (exact) mass is 349 g/mol. The average molecular weight is 349 g/mol. The van der Waals surface area contributed by atoms with Gasteiger partial charge in [-0.25, -0.2) is 4.68 Å². The summed E-state index contributed by atoms with van der Waals surface area (Å²) in [4.78, 5) is 15.4. The molecular weight excluding hydrogens is 326 g/mol. The van der Waals surface area contributed by atoms with Crippen LogP contribution in [-0.4, -0.2) is 22.4 Å². The third kappa shape index (κ3) is 1.97. The summed E-state index contributed by atoms with van der Waals surface area (Å²) < 4.78 is 7.65. The lowest BCUT2D eigenvalue weighted by Gasteiger charge is -2.52. The van der Waals surface area contributed by atoms with Crippen LogP contribution in [-0.2, 0) is 9.53 Å². The molecule has 5 heteroatoms. The fraction of sp³-hybridized carbons (Fsp3) is 0.429. The first kappa shape index (κ1) is 15.7. The topological polar surface area (TPSA) is 47.4 Å². The number of piperidine rings is 1. The number of hydrogen-bond donors (Lipinski definition) is 0. The lowest BCUT2D eigenvalue weighted by Crippen LogP contribution is -2.51. The van der Waals surface area contributed by atoms with Gasteiger partial charge in [0.05, 0.1) is 18.0 Å². The number of hydrogen-bond acceptors (Lipinski definition) is 4. The first-order valence-electron chi connectivity index (χ1n) is 9.56. The van der Waals surface area contributed by atoms with Gasteiger partial charge in [-0.05, 0) is 51.2 Å². The molecule has 0 spiro atoms. The minimum Gasteiger partial charge on any atom is -0.465 e. The average Bonchev–Trinajstić information content (AvgIpc) is 3.18. The maximum atomic E-state index is 13.0. The molecule has 0 unspecified atom stereocenters. The summed E-state index contributed by atoms with van der Waals surface area (Å²) in [7, 11) is 0. The molecule has 0 radical (unpaired) electrons. The Morgan fingerprint density at radius 2 is 2.19 bits per heavy atom. The van der Waals surface area contributed by atoms with E-state index >= 15 is 0 Å². The van der Waals surface area contributed by atoms with Crippen LogP contribution in [0.3, 0.4) is 0 Å². The standard InChI is InChI=1S/C21H23N3O2/c1-2-26-20(25)21-12-6-5-9-18(21)23-16-8-4-3-7-15(16)17-11-14-22-24(17)19(23)10-13-21/h3-4,7-9,11,14,19H,2,5-6,10,12-13H2,1H3/t19-,21-/m1/s1. The third-order valence-corrected chi connectivity index (χ3v) is 6.08. The van der Waals surface area contributed by atoms with Crippen LogP contribution in [0.4, 0.5) is 5.69 Å². The molecule has 0 bridgehead atoms. The van der Waals surface area contributed by atoms with Crippen LogP contribution in [0.1, 0.15) is 45.2 Å². The lowest BCUT2D eigenvalue weighted by atomic mass is 9.69. The summed E-state index contributed by atoms with van der Waals surface area (Å²) in [5.41, 5.74) is 4.11. The van der Waals surface area contributed by atoms with Crippen molar-refractivity contribution >= 4 is 11.7 Å². The predicted molar refractivity (Wildman–Crippen MR) is 99.4 cm³/mol. The number of carbonyl (C=O) groups is 1. The van der Waals surface area contributed by atoms with E-state index in [1.807, 2.05) is 13.1 Å². The van der Waals surface area contributed by atoms with Gasteiger partial charge in [0, 0.05) is 17.5 Å². The van der Waals surface area contributed by atoms with Crippen molar-refractivity contribution in [3.8, 4) is 11.3 Å². The number of rotatable bonds is 2. The van der Waals surface area contributed by atoms with E-state index in [0.29, 0.717) is 6.61 Å². The molecule has 2 atom stereocenters. The number of nitrogens with zero attached hydrogens (tertiary/aromatic N) is 3. The van der Waals surface area contributed by atoms with Crippen molar-refractivity contribution in [1.82, 2.24) is 9.78 Å². The minimum absolute atomic E-state index is 0.0619. The molecule has 1 aromatic carbocycles. The fourth-order valence-electron chi connectivity index (χ4n) is 4.98. The number of para-hydroxylation sites is 1. The molecule has 1 fully saturated rings. The Labute approximate surface area is 153 Å². The number of aromatic nitrogens is 2. The van der Waals surface area contributed by atoms with Crippen LogP contribution in [0.5, 0.6) is 0 Å². The van der Waals surface area contributed by atoms with Crippen molar-refractivity contribution in [2.45, 2.75) is 45.2 Å². The van der Waals surface area contributed by atoms with Gasteiger partial charge >= 0.3 is 5.97 Å². The second-order valence-electron chi connectivity index (χ2n) is 7.35. The SMILES string of the molecule is CCOC(=O)[C@@]12CCCC=C1N1c3ccccc3-c3ccnn3[C@@H]1CC2. The highest BCUT2D eigenvalue weighted by Crippen LogP contribution is 2.56. The molecule has 0 N–H and O–H groups in total. The molecule has 26 heavy (non-hydrogen) atoms. The molecule has 1 aromatic heterocycles. The van der Waals surface area contributed by atoms with Gasteiger partial charge in [0.25, 0.3) is 0 Å². The molecule has 0 saturated carbocycles. The highest BCUT2D eigenvalue weighted by atomic mass is 16.5. The zero-order chi connectivity index (χ0) is 17.7. The number of ether oxygens (including phenoxy) is 1. The number of esters is 1. The number of carbonyl (C=O) groups excluding carboxylic acids is 1. The van der Waals surface area contributed by atoms with Crippen molar-refractivity contribution in [3.63, 3.8) is 0 Å². The Morgan fingerprint density at radius 3 is 3.08 bits per heavy atom. The minimum atomic E-state index is -0.511. The molecule has 2 aliphatic heterocycles. The molecule has 134 valence electrons. The Bertz CT molecular complexity index is 900. The van der Waals surface area contributed by atoms with Crippen LogP contribution in [0.2, 0.25) is 0 Å². The predicted octanol–water partition coefficient (Wildman–Crippen LogP) is 4.28. The van der Waals surface area contributed by atoms with Crippen molar-refractivity contribution in [2.24, 2.45) is 5.41 Å². The second-order valence-corrected chi connectivity index (χ2v) is 7.35. The Hall–Kier alpha value is -2.56. The highest BCUT2D eigenvalue weighted by molar-refractivity contribution is 5.87. The summed E-state index contributed by atoms with van der Waals surface area (Å²) in [5.74, 6) is -0.0619. The first-order valence-corrected chi connectivity index (χ1v) is 9.56. The van der Waals surface area contributed by atoms with E-state index in [2.05, 4.69) is 51.1 Å². The Balaban J connectivity index is 1.69. The molecule has 3 aliphatic rings. The maximum absolute atomic E-state index is 13.0. The number of fused-ring (bicyclic) bond motifs is 8. The zero-order valence-electron chi connectivity index (χ0n) is 15.0. The van der Waals surface area contributed by atoms with Crippen LogP contribution in [0.15, 0.2) is 48.3 Å². The Morgan fingerprint density at radius 1 is 1.31 bits per heavy atom. The van der Waals surface area contributed by atoms with E-state index in [4.69, 9.17) is 4.74 Å². The van der Waals surface area contributed by atoms with E-state index in [1.54, 1.807) is 0 Å². The summed E-state index contributed by atoms with van der Waals surface area (Å²) in [6.45, 7) is 2.32. The van der Waals surface area contributed by atoms with Gasteiger partial charge in [-0.15, -0.1) is 0 Å². The van der Waals surface area contributed by atoms with Crippen molar-refractivity contribution < 1.29 is 9.53 Å². The second kappa shape index (κ2) is 5.73. The van der Waals surface area contributed by atoms with E-state index in [-0.39, 0.29) is 12.1 Å². The van der Waals surface area contributed by atoms with E-state index in [9.17, 15) is 4.79 Å². The summed E-state index contributed by atoms with van der Waals surface area (Å²) in [6, 6.07) is 10.5. The molecule has 1 saturated heterocycles. The normalized spacial score (nSPS) is 26.1. The molecule has 5 nitrogen and oxygen atoms in total. The van der Waals surface area contributed by atoms with Gasteiger partial charge < -0.3 is 9.64 Å². The van der Waals surface area contributed by atoms with Crippen molar-refractivity contribution in [3.05, 3.63) is 48.3 Å². The smallest absolute Gasteiger partial charge is 0.318 e. The van der Waals surface area contributed by atoms with Gasteiger partial charge in [-0.3, -0.25) is 4.79 Å². The Kier molecular flexibility index (Phi) is 3.45. The van der Waals surface area contributed by atoms with Crippen molar-refractivity contribution in [2.75, 3.05) is 11.5 Å². The van der Waals surface area contributed by atoms with Crippen LogP contribution in [0.25, 0.3) is 11.3 Å². The van der Waals surface area contributed by atoms with Crippen LogP contribution in [0, 0.1) is 5.41 Å². The highest BCUT2D eigenvalue weighted by Gasteiger charge is 2.53. The van der Waals surface area contributed by atoms with Crippen LogP contribution < -0.4 is 4.90 Å². The fourth-order valence-corrected chi connectivity index (χ4v) is 4.98. The molecule has 3 heterocycles. The van der Waals surface area contributed by atoms with Crippen LogP contribution >= 0.6 is 0 Å². The van der Waals surface area contributed by atoms with E-state index < -0.39 is 5.41 Å². The molecule has 1 aliphatic carbocycles. The van der Waals surface area contributed by atoms with Gasteiger partial charge in [0.2, 0.25) is 0 Å². The zero-order valence-corrected chi connectivity index (χ0v) is 15.0. The van der Waals surface area contributed by atoms with Gasteiger partial charge in [0.1, 0.15) is 11.6 Å². The van der Waals surface area contributed by atoms with Gasteiger partial charge in [-0.1, -0.05) is 24.3 Å². The summed E-state index contributed by atoms with van der Waals surface area (Å²) >= 11 is 0. The van der Waals surface area contributed by atoms with Gasteiger partial charge in [0.15, 0.2) is 0 Å². The molecular formula is C21H23N3O2. The number of anilines is 1. The lowest BCUT2D eigenvalue weighted by molar-refractivity contribution is -0.155. The molecule has 2 aromatic rings. The summed E-state index contributed by atoms with van der Waals surface area (Å²) in [6.07, 6.45) is 8.88. The van der Waals surface area contributed by atoms with E-state index in [0.717, 1.165) is 43.5 Å². The summed E-state index contributed by atoms with van der Waals surface area (Å²) in [5, 5.41) is 4.61. The third-order valence-electron chi connectivity index (χ3n) is 6.08. The quantitative estimate of drug-likeness (QED) is 0.759. The first-order chi connectivity index (χ1) is 12.8. The maximum Gasteiger partial charge on any atom is 0.318 e. The van der Waals surface area contributed by atoms with Gasteiger partial charge in [-0.2, -0.15) is 5.10 Å². The molecule has 0 amide bonds. The molecule has 5 rings (SSSR count). The van der Waals surface area contributed by atoms with E-state index in [1.165, 1.54) is 11.3 Å². The largest absolute Gasteiger partial charge is 0.465 e.